The fourth-order valence-corrected chi connectivity index (χ4v) is 1.33. The van der Waals surface area contributed by atoms with E-state index in [2.05, 4.69) is 10.3 Å². The highest BCUT2D eigenvalue weighted by Crippen LogP contribution is 2.10. The first-order chi connectivity index (χ1) is 7.26. The Kier molecular flexibility index (Phi) is 4.63. The molecule has 0 fully saturated rings. The smallest absolute Gasteiger partial charge is 0.193 e. The molecule has 1 aromatic carbocycles. The number of rotatable bonds is 4. The molecule has 0 bridgehead atoms. The fraction of sp³-hybridized carbons (Fsp3) is 0.364. The minimum absolute atomic E-state index is 0.447. The SMILES string of the molecule is CCN=C(N)Nc1cccc(CCN)c1. The van der Waals surface area contributed by atoms with Crippen LogP contribution in [0.25, 0.3) is 0 Å². The molecule has 4 heteroatoms. The number of nitrogens with zero attached hydrogens (tertiary/aromatic N) is 1. The number of hydrogen-bond acceptors (Lipinski definition) is 2. The first-order valence-electron chi connectivity index (χ1n) is 5.12. The lowest BCUT2D eigenvalue weighted by molar-refractivity contribution is 0.969. The summed E-state index contributed by atoms with van der Waals surface area (Å²) in [5.74, 6) is 0.447. The largest absolute Gasteiger partial charge is 0.370 e. The standard InChI is InChI=1S/C11H18N4/c1-2-14-11(13)15-10-5-3-4-9(8-10)6-7-12/h3-5,8H,2,6-7,12H2,1H3,(H3,13,14,15). The molecule has 0 amide bonds. The van der Waals surface area contributed by atoms with Crippen LogP contribution in [0.15, 0.2) is 29.3 Å². The minimum atomic E-state index is 0.447. The molecule has 0 saturated carbocycles. The second kappa shape index (κ2) is 6.03. The fourth-order valence-electron chi connectivity index (χ4n) is 1.33. The van der Waals surface area contributed by atoms with Crippen LogP contribution in [-0.4, -0.2) is 19.0 Å². The minimum Gasteiger partial charge on any atom is -0.370 e. The van der Waals surface area contributed by atoms with Crippen LogP contribution in [0.3, 0.4) is 0 Å². The maximum absolute atomic E-state index is 5.65. The summed E-state index contributed by atoms with van der Waals surface area (Å²) in [6, 6.07) is 8.01. The van der Waals surface area contributed by atoms with Crippen LogP contribution >= 0.6 is 0 Å². The zero-order chi connectivity index (χ0) is 11.1. The summed E-state index contributed by atoms with van der Waals surface area (Å²) in [6.45, 7) is 3.28. The molecule has 15 heavy (non-hydrogen) atoms. The van der Waals surface area contributed by atoms with Gasteiger partial charge in [-0.15, -0.1) is 0 Å². The lowest BCUT2D eigenvalue weighted by Gasteiger charge is -2.06. The van der Waals surface area contributed by atoms with E-state index in [1.807, 2.05) is 31.2 Å². The Bertz CT molecular complexity index is 333. The molecule has 4 nitrogen and oxygen atoms in total. The lowest BCUT2D eigenvalue weighted by Crippen LogP contribution is -2.22. The number of anilines is 1. The zero-order valence-electron chi connectivity index (χ0n) is 9.03. The van der Waals surface area contributed by atoms with E-state index in [1.54, 1.807) is 0 Å². The molecule has 5 N–H and O–H groups in total. The molecule has 0 radical (unpaired) electrons. The molecule has 0 heterocycles. The van der Waals surface area contributed by atoms with Gasteiger partial charge in [0.15, 0.2) is 5.96 Å². The van der Waals surface area contributed by atoms with Crippen molar-refractivity contribution >= 4 is 11.6 Å². The van der Waals surface area contributed by atoms with Crippen molar-refractivity contribution in [1.82, 2.24) is 0 Å². The highest BCUT2D eigenvalue weighted by molar-refractivity contribution is 5.92. The summed E-state index contributed by atoms with van der Waals surface area (Å²) < 4.78 is 0. The average Bonchev–Trinajstić information content (AvgIpc) is 2.19. The number of hydrogen-bond donors (Lipinski definition) is 3. The quantitative estimate of drug-likeness (QED) is 0.507. The second-order valence-electron chi connectivity index (χ2n) is 3.22. The van der Waals surface area contributed by atoms with Gasteiger partial charge in [-0.1, -0.05) is 12.1 Å². The molecule has 0 aliphatic rings. The summed E-state index contributed by atoms with van der Waals surface area (Å²) in [7, 11) is 0. The van der Waals surface area contributed by atoms with E-state index in [0.717, 1.165) is 12.1 Å². The van der Waals surface area contributed by atoms with Gasteiger partial charge in [0.25, 0.3) is 0 Å². The van der Waals surface area contributed by atoms with Gasteiger partial charge in [0.2, 0.25) is 0 Å². The predicted molar refractivity (Wildman–Crippen MR) is 65.0 cm³/mol. The summed E-state index contributed by atoms with van der Waals surface area (Å²) in [4.78, 5) is 4.05. The Labute approximate surface area is 90.4 Å². The van der Waals surface area contributed by atoms with E-state index >= 15 is 0 Å². The van der Waals surface area contributed by atoms with Crippen LogP contribution in [0.4, 0.5) is 5.69 Å². The van der Waals surface area contributed by atoms with Crippen LogP contribution in [0.2, 0.25) is 0 Å². The van der Waals surface area contributed by atoms with Gasteiger partial charge in [-0.2, -0.15) is 0 Å². The van der Waals surface area contributed by atoms with E-state index in [4.69, 9.17) is 11.5 Å². The molecule has 0 aliphatic carbocycles. The van der Waals surface area contributed by atoms with Crippen molar-refractivity contribution in [2.45, 2.75) is 13.3 Å². The van der Waals surface area contributed by atoms with Crippen molar-refractivity contribution in [2.75, 3.05) is 18.4 Å². The molecule has 82 valence electrons. The summed E-state index contributed by atoms with van der Waals surface area (Å²) in [6.07, 6.45) is 0.875. The molecule has 0 aromatic heterocycles. The van der Waals surface area contributed by atoms with Gasteiger partial charge in [0.1, 0.15) is 0 Å². The van der Waals surface area contributed by atoms with Gasteiger partial charge in [0, 0.05) is 12.2 Å². The van der Waals surface area contributed by atoms with Crippen molar-refractivity contribution in [1.29, 1.82) is 0 Å². The first kappa shape index (κ1) is 11.5. The van der Waals surface area contributed by atoms with Gasteiger partial charge in [0.05, 0.1) is 0 Å². The van der Waals surface area contributed by atoms with E-state index in [9.17, 15) is 0 Å². The van der Waals surface area contributed by atoms with E-state index in [0.29, 0.717) is 19.0 Å². The molecule has 1 rings (SSSR count). The van der Waals surface area contributed by atoms with Crippen LogP contribution in [0, 0.1) is 0 Å². The van der Waals surface area contributed by atoms with Crippen molar-refractivity contribution in [3.8, 4) is 0 Å². The van der Waals surface area contributed by atoms with Crippen LogP contribution < -0.4 is 16.8 Å². The molecule has 0 atom stereocenters. The highest BCUT2D eigenvalue weighted by atomic mass is 15.1. The van der Waals surface area contributed by atoms with Gasteiger partial charge in [-0.3, -0.25) is 4.99 Å². The summed E-state index contributed by atoms with van der Waals surface area (Å²) in [5, 5.41) is 3.03. The third-order valence-electron chi connectivity index (χ3n) is 1.96. The van der Waals surface area contributed by atoms with Gasteiger partial charge in [-0.25, -0.2) is 0 Å². The monoisotopic (exact) mass is 206 g/mol. The normalized spacial score (nSPS) is 11.5. The predicted octanol–water partition coefficient (Wildman–Crippen LogP) is 0.934. The van der Waals surface area contributed by atoms with E-state index in [1.165, 1.54) is 5.56 Å². The van der Waals surface area contributed by atoms with E-state index in [-0.39, 0.29) is 0 Å². The molecule has 0 saturated heterocycles. The molecule has 0 spiro atoms. The van der Waals surface area contributed by atoms with Crippen molar-refractivity contribution in [3.63, 3.8) is 0 Å². The lowest BCUT2D eigenvalue weighted by atomic mass is 10.1. The topological polar surface area (TPSA) is 76.4 Å². The molecule has 0 unspecified atom stereocenters. The van der Waals surface area contributed by atoms with Crippen molar-refractivity contribution in [2.24, 2.45) is 16.5 Å². The summed E-state index contributed by atoms with van der Waals surface area (Å²) >= 11 is 0. The van der Waals surface area contributed by atoms with Crippen molar-refractivity contribution in [3.05, 3.63) is 29.8 Å². The third-order valence-corrected chi connectivity index (χ3v) is 1.96. The number of nitrogens with one attached hydrogen (secondary N) is 1. The Morgan fingerprint density at radius 1 is 1.47 bits per heavy atom. The van der Waals surface area contributed by atoms with Crippen LogP contribution in [0.1, 0.15) is 12.5 Å². The third kappa shape index (κ3) is 3.99. The number of guanidine groups is 1. The molecule has 1 aromatic rings. The maximum atomic E-state index is 5.65. The first-order valence-corrected chi connectivity index (χ1v) is 5.12. The summed E-state index contributed by atoms with van der Waals surface area (Å²) in [5.41, 5.74) is 13.3. The van der Waals surface area contributed by atoms with Gasteiger partial charge >= 0.3 is 0 Å². The highest BCUT2D eigenvalue weighted by Gasteiger charge is 1.96. The molecular weight excluding hydrogens is 188 g/mol. The number of benzene rings is 1. The Morgan fingerprint density at radius 2 is 2.27 bits per heavy atom. The Hall–Kier alpha value is -1.55. The van der Waals surface area contributed by atoms with Crippen LogP contribution in [0.5, 0.6) is 0 Å². The van der Waals surface area contributed by atoms with Crippen molar-refractivity contribution < 1.29 is 0 Å². The van der Waals surface area contributed by atoms with Gasteiger partial charge < -0.3 is 16.8 Å². The average molecular weight is 206 g/mol. The molecule has 0 aliphatic heterocycles. The molecular formula is C11H18N4. The number of nitrogens with two attached hydrogens (primary N) is 2. The maximum Gasteiger partial charge on any atom is 0.193 e. The Morgan fingerprint density at radius 3 is 2.93 bits per heavy atom. The van der Waals surface area contributed by atoms with E-state index < -0.39 is 0 Å². The Balaban J connectivity index is 2.69. The second-order valence-corrected chi connectivity index (χ2v) is 3.22. The zero-order valence-corrected chi connectivity index (χ0v) is 9.03. The number of aliphatic imine (C=N–C) groups is 1. The van der Waals surface area contributed by atoms with Gasteiger partial charge in [-0.05, 0) is 37.6 Å². The van der Waals surface area contributed by atoms with Crippen LogP contribution in [-0.2, 0) is 6.42 Å².